The van der Waals surface area contributed by atoms with Crippen LogP contribution in [0.2, 0.25) is 0 Å². The smallest absolute Gasteiger partial charge is 0.262 e. The molecular weight excluding hydrogens is 631 g/mol. The zero-order valence-electron chi connectivity index (χ0n) is 28.6. The van der Waals surface area contributed by atoms with Crippen molar-refractivity contribution in [2.24, 2.45) is 5.92 Å². The zero-order chi connectivity index (χ0) is 34.6. The first-order chi connectivity index (χ1) is 24.3. The van der Waals surface area contributed by atoms with E-state index in [0.717, 1.165) is 69.3 Å². The molecule has 0 bridgehead atoms. The number of methoxy groups -OCH3 is 1. The first-order valence-electron chi connectivity index (χ1n) is 17.5. The maximum atomic E-state index is 15.8. The average molecular weight is 675 g/mol. The Hall–Kier alpha value is -5.09. The van der Waals surface area contributed by atoms with Crippen LogP contribution in [-0.2, 0) is 11.3 Å². The second-order valence-corrected chi connectivity index (χ2v) is 13.6. The van der Waals surface area contributed by atoms with Crippen molar-refractivity contribution < 1.29 is 13.9 Å². The number of pyridine rings is 3. The predicted molar refractivity (Wildman–Crippen MR) is 196 cm³/mol. The van der Waals surface area contributed by atoms with Gasteiger partial charge in [0.1, 0.15) is 17.4 Å². The fourth-order valence-electron chi connectivity index (χ4n) is 7.28. The van der Waals surface area contributed by atoms with Crippen LogP contribution in [0, 0.1) is 11.7 Å². The van der Waals surface area contributed by atoms with E-state index in [-0.39, 0.29) is 22.9 Å². The van der Waals surface area contributed by atoms with Crippen LogP contribution in [0.3, 0.4) is 0 Å². The summed E-state index contributed by atoms with van der Waals surface area (Å²) in [4.78, 5) is 38.7. The Morgan fingerprint density at radius 3 is 2.52 bits per heavy atom. The minimum Gasteiger partial charge on any atom is -0.497 e. The summed E-state index contributed by atoms with van der Waals surface area (Å²) >= 11 is 0. The van der Waals surface area contributed by atoms with Gasteiger partial charge in [0.15, 0.2) is 0 Å². The Balaban J connectivity index is 1.23. The highest BCUT2D eigenvalue weighted by atomic mass is 19.1. The second kappa shape index (κ2) is 14.8. The first-order valence-corrected chi connectivity index (χ1v) is 17.5. The number of benzene rings is 2. The molecule has 10 heteroatoms. The van der Waals surface area contributed by atoms with Gasteiger partial charge in [-0.3, -0.25) is 9.59 Å². The number of likely N-dealkylation sites (tertiary alicyclic amines) is 1. The van der Waals surface area contributed by atoms with E-state index in [1.807, 2.05) is 36.5 Å². The van der Waals surface area contributed by atoms with Crippen molar-refractivity contribution in [3.05, 3.63) is 106 Å². The Morgan fingerprint density at radius 2 is 1.80 bits per heavy atom. The van der Waals surface area contributed by atoms with Gasteiger partial charge >= 0.3 is 0 Å². The van der Waals surface area contributed by atoms with E-state index in [4.69, 9.17) is 14.7 Å². The number of ether oxygens (including phenoxy) is 1. The standard InChI is InChI=1S/C40H43FN6O3/c1-46-19-6-9-29(25-46)28-12-17-37(42-23-28)45-36-22-35(32-16-13-30(21-33(32)41)43-39(48)27-7-4-3-5-8-27)44-34-18-20-47(40(49)38(34)36)24-26-10-14-31(50-2)15-11-26/h10-18,20-23,27,29H,3-9,19,24-25H2,1-2H3,(H,43,48)(H,42,44,45). The quantitative estimate of drug-likeness (QED) is 0.165. The number of piperidine rings is 1. The number of hydrogen-bond acceptors (Lipinski definition) is 7. The normalized spacial score (nSPS) is 17.1. The highest BCUT2D eigenvalue weighted by molar-refractivity contribution is 5.95. The fourth-order valence-corrected chi connectivity index (χ4v) is 7.28. The number of rotatable bonds is 9. The Labute approximate surface area is 291 Å². The monoisotopic (exact) mass is 674 g/mol. The summed E-state index contributed by atoms with van der Waals surface area (Å²) in [5.41, 5.74) is 3.83. The number of likely N-dealkylation sites (N-methyl/N-ethyl adjacent to an activating group) is 1. The number of anilines is 3. The van der Waals surface area contributed by atoms with Crippen LogP contribution >= 0.6 is 0 Å². The molecule has 2 N–H and O–H groups in total. The second-order valence-electron chi connectivity index (χ2n) is 13.6. The number of hydrogen-bond donors (Lipinski definition) is 2. The Bertz CT molecular complexity index is 2040. The number of nitrogens with zero attached hydrogens (tertiary/aromatic N) is 4. The molecule has 1 unspecified atom stereocenters. The lowest BCUT2D eigenvalue weighted by atomic mass is 9.88. The molecule has 258 valence electrons. The first kappa shape index (κ1) is 33.4. The van der Waals surface area contributed by atoms with E-state index in [9.17, 15) is 9.59 Å². The number of aromatic nitrogens is 3. The highest BCUT2D eigenvalue weighted by Gasteiger charge is 2.23. The number of carbonyl (C=O) groups excluding carboxylic acids is 1. The molecule has 2 aliphatic rings. The Kier molecular flexibility index (Phi) is 9.89. The summed E-state index contributed by atoms with van der Waals surface area (Å²) in [5, 5.41) is 6.64. The van der Waals surface area contributed by atoms with Gasteiger partial charge < -0.3 is 24.8 Å². The molecule has 2 aromatic carbocycles. The largest absolute Gasteiger partial charge is 0.497 e. The molecule has 0 spiro atoms. The van der Waals surface area contributed by atoms with Gasteiger partial charge in [0.05, 0.1) is 35.9 Å². The van der Waals surface area contributed by atoms with E-state index in [1.165, 1.54) is 11.6 Å². The zero-order valence-corrected chi connectivity index (χ0v) is 28.6. The minimum atomic E-state index is -0.517. The van der Waals surface area contributed by atoms with Crippen molar-refractivity contribution >= 4 is 34.0 Å². The van der Waals surface area contributed by atoms with Gasteiger partial charge in [-0.2, -0.15) is 0 Å². The van der Waals surface area contributed by atoms with Crippen LogP contribution in [0.15, 0.2) is 83.9 Å². The molecule has 7 rings (SSSR count). The van der Waals surface area contributed by atoms with Gasteiger partial charge in [-0.15, -0.1) is 0 Å². The van der Waals surface area contributed by atoms with Gasteiger partial charge in [-0.25, -0.2) is 14.4 Å². The van der Waals surface area contributed by atoms with E-state index in [0.29, 0.717) is 46.3 Å². The lowest BCUT2D eigenvalue weighted by molar-refractivity contribution is -0.120. The van der Waals surface area contributed by atoms with E-state index in [1.54, 1.807) is 42.1 Å². The van der Waals surface area contributed by atoms with E-state index in [2.05, 4.69) is 28.6 Å². The van der Waals surface area contributed by atoms with Crippen LogP contribution in [0.25, 0.3) is 22.2 Å². The third-order valence-corrected chi connectivity index (χ3v) is 10.1. The Morgan fingerprint density at radius 1 is 0.980 bits per heavy atom. The summed E-state index contributed by atoms with van der Waals surface area (Å²) in [6.07, 6.45) is 10.8. The minimum absolute atomic E-state index is 0.0391. The van der Waals surface area contributed by atoms with Crippen LogP contribution in [0.1, 0.15) is 62.0 Å². The topological polar surface area (TPSA) is 101 Å². The molecule has 1 saturated carbocycles. The molecule has 3 aromatic heterocycles. The summed E-state index contributed by atoms with van der Waals surface area (Å²) in [6.45, 7) is 2.45. The number of carbonyl (C=O) groups is 1. The average Bonchev–Trinajstić information content (AvgIpc) is 3.13. The third kappa shape index (κ3) is 7.40. The van der Waals surface area contributed by atoms with Gasteiger partial charge in [-0.1, -0.05) is 37.5 Å². The highest BCUT2D eigenvalue weighted by Crippen LogP contribution is 2.33. The molecule has 50 heavy (non-hydrogen) atoms. The van der Waals surface area contributed by atoms with Crippen LogP contribution in [-0.4, -0.2) is 52.6 Å². The molecule has 1 aliphatic heterocycles. The lowest BCUT2D eigenvalue weighted by Crippen LogP contribution is -2.30. The maximum absolute atomic E-state index is 15.8. The third-order valence-electron chi connectivity index (χ3n) is 10.1. The number of nitrogens with one attached hydrogen (secondary N) is 2. The van der Waals surface area contributed by atoms with Crippen molar-refractivity contribution in [1.29, 1.82) is 0 Å². The number of amides is 1. The summed E-state index contributed by atoms with van der Waals surface area (Å²) < 4.78 is 22.7. The fraction of sp³-hybridized carbons (Fsp3) is 0.350. The van der Waals surface area contributed by atoms with Gasteiger partial charge in [0, 0.05) is 36.1 Å². The lowest BCUT2D eigenvalue weighted by Gasteiger charge is -2.29. The van der Waals surface area contributed by atoms with Gasteiger partial charge in [0.25, 0.3) is 5.56 Å². The summed E-state index contributed by atoms with van der Waals surface area (Å²) in [5.74, 6) is 1.12. The van der Waals surface area contributed by atoms with Crippen molar-refractivity contribution in [3.63, 3.8) is 0 Å². The number of fused-ring (bicyclic) bond motifs is 1. The number of halogens is 1. The van der Waals surface area contributed by atoms with Crippen molar-refractivity contribution in [3.8, 4) is 17.0 Å². The molecule has 4 heterocycles. The SMILES string of the molecule is COc1ccc(Cn2ccc3nc(-c4ccc(NC(=O)C5CCCCC5)cc4F)cc(Nc4ccc(C5CCCN(C)C5)cn4)c3c2=O)cc1. The van der Waals surface area contributed by atoms with Crippen molar-refractivity contribution in [2.75, 3.05) is 37.9 Å². The van der Waals surface area contributed by atoms with E-state index < -0.39 is 5.82 Å². The summed E-state index contributed by atoms with van der Waals surface area (Å²) in [6, 6.07) is 19.7. The molecular formula is C40H43FN6O3. The molecule has 2 fully saturated rings. The van der Waals surface area contributed by atoms with E-state index >= 15 is 4.39 Å². The van der Waals surface area contributed by atoms with Crippen molar-refractivity contribution in [1.82, 2.24) is 19.4 Å². The molecule has 1 saturated heterocycles. The molecule has 1 atom stereocenters. The predicted octanol–water partition coefficient (Wildman–Crippen LogP) is 7.73. The molecule has 1 amide bonds. The molecule has 1 aliphatic carbocycles. The van der Waals surface area contributed by atoms with Crippen LogP contribution in [0.5, 0.6) is 5.75 Å². The van der Waals surface area contributed by atoms with Gasteiger partial charge in [-0.05, 0) is 105 Å². The summed E-state index contributed by atoms with van der Waals surface area (Å²) in [7, 11) is 3.76. The molecule has 5 aromatic rings. The van der Waals surface area contributed by atoms with Gasteiger partial charge in [0.2, 0.25) is 5.91 Å². The molecule has 9 nitrogen and oxygen atoms in total. The van der Waals surface area contributed by atoms with Crippen LogP contribution < -0.4 is 20.9 Å². The van der Waals surface area contributed by atoms with Crippen molar-refractivity contribution in [2.45, 2.75) is 57.4 Å². The maximum Gasteiger partial charge on any atom is 0.262 e. The van der Waals surface area contributed by atoms with Crippen LogP contribution in [0.4, 0.5) is 21.6 Å². The molecule has 0 radical (unpaired) electrons.